The Morgan fingerprint density at radius 2 is 1.35 bits per heavy atom. The zero-order valence-corrected chi connectivity index (χ0v) is 20.6. The van der Waals surface area contributed by atoms with Gasteiger partial charge in [0.15, 0.2) is 0 Å². The summed E-state index contributed by atoms with van der Waals surface area (Å²) < 4.78 is 25.9. The van der Waals surface area contributed by atoms with Crippen LogP contribution in [0.2, 0.25) is 5.02 Å². The second kappa shape index (κ2) is 10.6. The summed E-state index contributed by atoms with van der Waals surface area (Å²) in [6, 6.07) is 27.3. The Bertz CT molecular complexity index is 1160. The molecule has 0 atom stereocenters. The van der Waals surface area contributed by atoms with E-state index in [9.17, 15) is 13.2 Å². The van der Waals surface area contributed by atoms with E-state index in [0.717, 1.165) is 10.6 Å². The first-order chi connectivity index (χ1) is 16.3. The summed E-state index contributed by atoms with van der Waals surface area (Å²) in [6.07, 6.45) is 1.11. The molecule has 1 aliphatic rings. The molecule has 8 heteroatoms. The fourth-order valence-corrected chi connectivity index (χ4v) is 5.32. The highest BCUT2D eigenvalue weighted by atomic mass is 35.5. The number of halogens is 1. The average Bonchev–Trinajstić information content (AvgIpc) is 2.84. The number of nitrogens with zero attached hydrogens (tertiary/aromatic N) is 3. The van der Waals surface area contributed by atoms with Gasteiger partial charge in [0.2, 0.25) is 15.9 Å². The molecular formula is C26H28ClN3O3S. The van der Waals surface area contributed by atoms with Crippen molar-refractivity contribution in [2.45, 2.75) is 6.04 Å². The van der Waals surface area contributed by atoms with Gasteiger partial charge in [0, 0.05) is 31.2 Å². The summed E-state index contributed by atoms with van der Waals surface area (Å²) in [5.41, 5.74) is 2.84. The summed E-state index contributed by atoms with van der Waals surface area (Å²) in [7, 11) is -3.63. The van der Waals surface area contributed by atoms with E-state index in [2.05, 4.69) is 29.2 Å². The van der Waals surface area contributed by atoms with Gasteiger partial charge in [-0.15, -0.1) is 0 Å². The van der Waals surface area contributed by atoms with Crippen molar-refractivity contribution in [1.82, 2.24) is 9.80 Å². The number of sulfonamides is 1. The zero-order chi connectivity index (χ0) is 24.1. The molecule has 0 aromatic heterocycles. The molecule has 1 aliphatic heterocycles. The smallest absolute Gasteiger partial charge is 0.243 e. The van der Waals surface area contributed by atoms with Crippen LogP contribution < -0.4 is 4.31 Å². The molecule has 1 heterocycles. The van der Waals surface area contributed by atoms with Crippen molar-refractivity contribution in [3.8, 4) is 0 Å². The molecule has 0 bridgehead atoms. The number of carbonyl (C=O) groups is 1. The second-order valence-corrected chi connectivity index (χ2v) is 10.7. The first-order valence-corrected chi connectivity index (χ1v) is 13.4. The summed E-state index contributed by atoms with van der Waals surface area (Å²) >= 11 is 5.94. The van der Waals surface area contributed by atoms with E-state index in [4.69, 9.17) is 11.6 Å². The number of piperazine rings is 1. The van der Waals surface area contributed by atoms with Crippen molar-refractivity contribution >= 4 is 33.2 Å². The van der Waals surface area contributed by atoms with Gasteiger partial charge in [-0.25, -0.2) is 8.42 Å². The minimum absolute atomic E-state index is 0.0984. The van der Waals surface area contributed by atoms with Crippen LogP contribution in [0, 0.1) is 0 Å². The fraction of sp³-hybridized carbons (Fsp3) is 0.269. The maximum atomic E-state index is 13.1. The maximum Gasteiger partial charge on any atom is 0.243 e. The van der Waals surface area contributed by atoms with E-state index >= 15 is 0 Å². The van der Waals surface area contributed by atoms with Crippen LogP contribution in [0.3, 0.4) is 0 Å². The van der Waals surface area contributed by atoms with E-state index < -0.39 is 10.0 Å². The minimum Gasteiger partial charge on any atom is -0.339 e. The van der Waals surface area contributed by atoms with Crippen molar-refractivity contribution in [2.24, 2.45) is 0 Å². The third-order valence-corrected chi connectivity index (χ3v) is 7.45. The molecule has 6 nitrogen and oxygen atoms in total. The number of anilines is 1. The molecular weight excluding hydrogens is 470 g/mol. The zero-order valence-electron chi connectivity index (χ0n) is 19.0. The lowest BCUT2D eigenvalue weighted by molar-refractivity contribution is -0.131. The molecule has 1 saturated heterocycles. The monoisotopic (exact) mass is 497 g/mol. The third kappa shape index (κ3) is 5.78. The fourth-order valence-electron chi connectivity index (χ4n) is 4.34. The van der Waals surface area contributed by atoms with Crippen LogP contribution in [0.1, 0.15) is 17.2 Å². The third-order valence-electron chi connectivity index (χ3n) is 6.06. The highest BCUT2D eigenvalue weighted by molar-refractivity contribution is 7.92. The van der Waals surface area contributed by atoms with Crippen LogP contribution >= 0.6 is 11.6 Å². The van der Waals surface area contributed by atoms with E-state index in [1.54, 1.807) is 29.2 Å². The lowest BCUT2D eigenvalue weighted by Gasteiger charge is -2.40. The van der Waals surface area contributed by atoms with Gasteiger partial charge in [-0.1, -0.05) is 72.3 Å². The van der Waals surface area contributed by atoms with Gasteiger partial charge >= 0.3 is 0 Å². The first-order valence-electron chi connectivity index (χ1n) is 11.2. The van der Waals surface area contributed by atoms with E-state index in [0.29, 0.717) is 36.9 Å². The highest BCUT2D eigenvalue weighted by Crippen LogP contribution is 2.29. The van der Waals surface area contributed by atoms with Crippen molar-refractivity contribution in [3.05, 3.63) is 101 Å². The molecule has 4 rings (SSSR count). The van der Waals surface area contributed by atoms with Crippen molar-refractivity contribution in [2.75, 3.05) is 43.3 Å². The number of hydrogen-bond acceptors (Lipinski definition) is 4. The Kier molecular flexibility index (Phi) is 7.56. The molecule has 1 fully saturated rings. The Labute approximate surface area is 206 Å². The summed E-state index contributed by atoms with van der Waals surface area (Å²) in [5.74, 6) is -0.212. The van der Waals surface area contributed by atoms with Crippen LogP contribution in [-0.2, 0) is 14.8 Å². The van der Waals surface area contributed by atoms with E-state index in [-0.39, 0.29) is 18.5 Å². The number of carbonyl (C=O) groups excluding carboxylic acids is 1. The number of amides is 1. The normalized spacial score (nSPS) is 14.9. The van der Waals surface area contributed by atoms with Crippen molar-refractivity contribution in [1.29, 1.82) is 0 Å². The molecule has 0 aliphatic carbocycles. The van der Waals surface area contributed by atoms with Gasteiger partial charge in [0.1, 0.15) is 6.54 Å². The lowest BCUT2D eigenvalue weighted by Crippen LogP contribution is -2.52. The topological polar surface area (TPSA) is 60.9 Å². The first kappa shape index (κ1) is 24.3. The molecule has 178 valence electrons. The van der Waals surface area contributed by atoms with Crippen LogP contribution in [0.5, 0.6) is 0 Å². The Hall–Kier alpha value is -2.87. The van der Waals surface area contributed by atoms with E-state index in [1.165, 1.54) is 11.1 Å². The van der Waals surface area contributed by atoms with Gasteiger partial charge < -0.3 is 4.90 Å². The quantitative estimate of drug-likeness (QED) is 0.494. The van der Waals surface area contributed by atoms with Gasteiger partial charge in [0.05, 0.1) is 18.0 Å². The second-order valence-electron chi connectivity index (χ2n) is 8.39. The molecule has 0 N–H and O–H groups in total. The maximum absolute atomic E-state index is 13.1. The standard InChI is InChI=1S/C26H28ClN3O3S/c1-34(32,33)30(24-14-12-23(27)13-15-24)20-25(31)28-16-18-29(19-17-28)26(21-8-4-2-5-9-21)22-10-6-3-7-11-22/h2-15,26H,16-20H2,1H3. The summed E-state index contributed by atoms with van der Waals surface area (Å²) in [6.45, 7) is 2.22. The summed E-state index contributed by atoms with van der Waals surface area (Å²) in [4.78, 5) is 17.2. The molecule has 0 spiro atoms. The van der Waals surface area contributed by atoms with Gasteiger partial charge in [-0.05, 0) is 35.4 Å². The Balaban J connectivity index is 1.46. The number of hydrogen-bond donors (Lipinski definition) is 0. The predicted octanol–water partition coefficient (Wildman–Crippen LogP) is 4.04. The molecule has 34 heavy (non-hydrogen) atoms. The predicted molar refractivity (Wildman–Crippen MR) is 137 cm³/mol. The Morgan fingerprint density at radius 1 is 0.853 bits per heavy atom. The van der Waals surface area contributed by atoms with Crippen molar-refractivity contribution in [3.63, 3.8) is 0 Å². The number of benzene rings is 3. The van der Waals surface area contributed by atoms with Crippen molar-refractivity contribution < 1.29 is 13.2 Å². The minimum atomic E-state index is -3.63. The van der Waals surface area contributed by atoms with Crippen LogP contribution in [0.4, 0.5) is 5.69 Å². The molecule has 0 unspecified atom stereocenters. The van der Waals surface area contributed by atoms with E-state index in [1.807, 2.05) is 36.4 Å². The molecule has 3 aromatic carbocycles. The molecule has 3 aromatic rings. The van der Waals surface area contributed by atoms with Crippen LogP contribution in [0.15, 0.2) is 84.9 Å². The van der Waals surface area contributed by atoms with Gasteiger partial charge in [0.25, 0.3) is 0 Å². The molecule has 0 saturated carbocycles. The highest BCUT2D eigenvalue weighted by Gasteiger charge is 2.30. The molecule has 1 amide bonds. The summed E-state index contributed by atoms with van der Waals surface area (Å²) in [5, 5.41) is 0.506. The Morgan fingerprint density at radius 3 is 1.82 bits per heavy atom. The van der Waals surface area contributed by atoms with Gasteiger partial charge in [-0.3, -0.25) is 14.0 Å². The van der Waals surface area contributed by atoms with Gasteiger partial charge in [-0.2, -0.15) is 0 Å². The largest absolute Gasteiger partial charge is 0.339 e. The molecule has 0 radical (unpaired) electrons. The lowest BCUT2D eigenvalue weighted by atomic mass is 9.96. The SMILES string of the molecule is CS(=O)(=O)N(CC(=O)N1CCN(C(c2ccccc2)c2ccccc2)CC1)c1ccc(Cl)cc1. The van der Waals surface area contributed by atoms with Crippen LogP contribution in [0.25, 0.3) is 0 Å². The average molecular weight is 498 g/mol. The van der Waals surface area contributed by atoms with Crippen LogP contribution in [-0.4, -0.2) is 63.1 Å². The number of rotatable bonds is 7.